The molecule has 4 heterocycles. The lowest BCUT2D eigenvalue weighted by Gasteiger charge is -2.34. The van der Waals surface area contributed by atoms with E-state index in [2.05, 4.69) is 47.7 Å². The average Bonchev–Trinajstić information content (AvgIpc) is 3.63. The van der Waals surface area contributed by atoms with Gasteiger partial charge < -0.3 is 31.1 Å². The number of carbonyl (C=O) groups excluding carboxylic acids is 2. The Balaban J connectivity index is 1.21. The van der Waals surface area contributed by atoms with Gasteiger partial charge >= 0.3 is 0 Å². The number of piperidine rings is 1. The van der Waals surface area contributed by atoms with Crippen LogP contribution in [0.15, 0.2) is 30.3 Å². The van der Waals surface area contributed by atoms with Crippen LogP contribution in [0.3, 0.4) is 0 Å². The van der Waals surface area contributed by atoms with Gasteiger partial charge in [0.15, 0.2) is 5.01 Å². The third-order valence-corrected chi connectivity index (χ3v) is 10.8. The second-order valence-electron chi connectivity index (χ2n) is 14.1. The minimum absolute atomic E-state index is 0.232. The third-order valence-electron chi connectivity index (χ3n) is 9.81. The Bertz CT molecular complexity index is 1530. The van der Waals surface area contributed by atoms with Crippen molar-refractivity contribution >= 4 is 33.5 Å². The molecule has 2 saturated heterocycles. The first kappa shape index (κ1) is 32.0. The number of likely N-dealkylation sites (tertiary alicyclic amines) is 1. The van der Waals surface area contributed by atoms with Crippen LogP contribution in [0.2, 0.25) is 0 Å². The Morgan fingerprint density at radius 3 is 2.62 bits per heavy atom. The van der Waals surface area contributed by atoms with Crippen molar-refractivity contribution < 1.29 is 19.8 Å². The van der Waals surface area contributed by atoms with Crippen LogP contribution in [0.5, 0.6) is 0 Å². The Hall–Kier alpha value is -2.96. The topological polar surface area (TPSA) is 140 Å². The number of aliphatic hydroxyl groups excluding tert-OH is 2. The van der Waals surface area contributed by atoms with Crippen molar-refractivity contribution in [1.29, 1.82) is 0 Å². The van der Waals surface area contributed by atoms with Crippen LogP contribution >= 0.6 is 11.3 Å². The Morgan fingerprint density at radius 2 is 1.89 bits per heavy atom. The Kier molecular flexibility index (Phi) is 9.54. The lowest BCUT2D eigenvalue weighted by atomic mass is 9.71. The van der Waals surface area contributed by atoms with Gasteiger partial charge in [0.1, 0.15) is 10.3 Å². The number of aliphatic hydroxyl groups is 2. The molecule has 2 aromatic heterocycles. The molecule has 2 amide bonds. The number of amides is 2. The maximum absolute atomic E-state index is 13.7. The van der Waals surface area contributed by atoms with Gasteiger partial charge in [0.05, 0.1) is 24.3 Å². The minimum atomic E-state index is -0.624. The van der Waals surface area contributed by atoms with Crippen LogP contribution < -0.4 is 16.0 Å². The first-order valence-electron chi connectivity index (χ1n) is 16.3. The van der Waals surface area contributed by atoms with E-state index in [0.717, 1.165) is 73.3 Å². The molecule has 0 unspecified atom stereocenters. The maximum Gasteiger partial charge on any atom is 0.280 e. The summed E-state index contributed by atoms with van der Waals surface area (Å²) in [7, 11) is 0. The van der Waals surface area contributed by atoms with Gasteiger partial charge in [-0.15, -0.1) is 0 Å². The number of hydrogen-bond donors (Lipinski definition) is 5. The van der Waals surface area contributed by atoms with Crippen molar-refractivity contribution in [1.82, 2.24) is 30.8 Å². The fourth-order valence-electron chi connectivity index (χ4n) is 6.81. The molecule has 0 radical (unpaired) electrons. The Labute approximate surface area is 269 Å². The zero-order valence-electron chi connectivity index (χ0n) is 26.5. The van der Waals surface area contributed by atoms with E-state index in [4.69, 9.17) is 9.97 Å². The first-order valence-corrected chi connectivity index (χ1v) is 17.2. The summed E-state index contributed by atoms with van der Waals surface area (Å²) >= 11 is 1.33. The summed E-state index contributed by atoms with van der Waals surface area (Å²) in [5, 5.41) is 29.7. The van der Waals surface area contributed by atoms with E-state index >= 15 is 0 Å². The summed E-state index contributed by atoms with van der Waals surface area (Å²) in [6.45, 7) is 10.2. The highest BCUT2D eigenvalue weighted by molar-refractivity contribution is 7.19. The van der Waals surface area contributed by atoms with Crippen molar-refractivity contribution in [3.05, 3.63) is 57.7 Å². The SMILES string of the molecule is CC(C)(C)[C@H]1CCc2nc3sc(C(=O)N[C@H](CCN4CCC(O)CC4)c4cccc(C(=O)N[C@H]5CNC[C@@H]5O)c4)nc3cc2C1. The normalized spacial score (nSPS) is 23.5. The summed E-state index contributed by atoms with van der Waals surface area (Å²) < 4.78 is 0. The molecule has 0 saturated carbocycles. The highest BCUT2D eigenvalue weighted by Crippen LogP contribution is 2.38. The largest absolute Gasteiger partial charge is 0.393 e. The number of carbonyl (C=O) groups is 2. The number of benzene rings is 1. The monoisotopic (exact) mass is 634 g/mol. The number of pyridine rings is 1. The van der Waals surface area contributed by atoms with Crippen LogP contribution in [-0.2, 0) is 12.8 Å². The summed E-state index contributed by atoms with van der Waals surface area (Å²) in [6, 6.07) is 8.79. The smallest absolute Gasteiger partial charge is 0.280 e. The maximum atomic E-state index is 13.7. The van der Waals surface area contributed by atoms with Gasteiger partial charge in [0, 0.05) is 44.0 Å². The van der Waals surface area contributed by atoms with Crippen molar-refractivity contribution in [2.45, 2.75) is 83.6 Å². The second-order valence-corrected chi connectivity index (χ2v) is 15.0. The molecular formula is C34H46N6O4S. The third kappa shape index (κ3) is 7.55. The quantitative estimate of drug-likeness (QED) is 0.255. The van der Waals surface area contributed by atoms with Crippen LogP contribution in [0.4, 0.5) is 0 Å². The number of rotatable bonds is 8. The molecular weight excluding hydrogens is 588 g/mol. The van der Waals surface area contributed by atoms with Gasteiger partial charge in [0.25, 0.3) is 11.8 Å². The van der Waals surface area contributed by atoms with Crippen molar-refractivity contribution in [3.8, 4) is 0 Å². The lowest BCUT2D eigenvalue weighted by molar-refractivity contribution is 0.0795. The van der Waals surface area contributed by atoms with Crippen LogP contribution in [0.1, 0.15) is 89.5 Å². The molecule has 242 valence electrons. The molecule has 6 rings (SSSR count). The van der Waals surface area contributed by atoms with Crippen LogP contribution in [-0.4, -0.2) is 87.9 Å². The van der Waals surface area contributed by atoms with E-state index in [1.807, 2.05) is 18.2 Å². The first-order chi connectivity index (χ1) is 21.5. The number of nitrogens with one attached hydrogen (secondary N) is 3. The molecule has 2 aliphatic heterocycles. The number of aromatic nitrogens is 2. The zero-order chi connectivity index (χ0) is 31.7. The molecule has 11 heteroatoms. The Morgan fingerprint density at radius 1 is 1.09 bits per heavy atom. The predicted octanol–water partition coefficient (Wildman–Crippen LogP) is 3.22. The average molecular weight is 635 g/mol. The highest BCUT2D eigenvalue weighted by Gasteiger charge is 2.31. The molecule has 1 aliphatic carbocycles. The zero-order valence-corrected chi connectivity index (χ0v) is 27.3. The van der Waals surface area contributed by atoms with E-state index < -0.39 is 6.10 Å². The summed E-state index contributed by atoms with van der Waals surface area (Å²) in [5.74, 6) is 0.0829. The van der Waals surface area contributed by atoms with E-state index in [-0.39, 0.29) is 35.4 Å². The van der Waals surface area contributed by atoms with E-state index in [0.29, 0.717) is 36.0 Å². The van der Waals surface area contributed by atoms with Crippen molar-refractivity contribution in [2.75, 3.05) is 32.7 Å². The number of thiazole rings is 1. The molecule has 0 spiro atoms. The van der Waals surface area contributed by atoms with Gasteiger partial charge in [-0.1, -0.05) is 44.2 Å². The predicted molar refractivity (Wildman–Crippen MR) is 175 cm³/mol. The number of hydrogen-bond acceptors (Lipinski definition) is 9. The lowest BCUT2D eigenvalue weighted by Crippen LogP contribution is -2.42. The molecule has 4 atom stereocenters. The van der Waals surface area contributed by atoms with Gasteiger partial charge in [-0.2, -0.15) is 0 Å². The number of nitrogens with zero attached hydrogens (tertiary/aromatic N) is 3. The van der Waals surface area contributed by atoms with Crippen molar-refractivity contribution in [3.63, 3.8) is 0 Å². The molecule has 1 aromatic carbocycles. The van der Waals surface area contributed by atoms with Crippen molar-refractivity contribution in [2.24, 2.45) is 11.3 Å². The summed E-state index contributed by atoms with van der Waals surface area (Å²) in [4.78, 5) is 39.6. The number of aryl methyl sites for hydroxylation is 1. The molecule has 3 aromatic rings. The van der Waals surface area contributed by atoms with E-state index in [1.165, 1.54) is 16.9 Å². The standard InChI is InChI=1S/C34H46N6O4S/c1-34(2,3)23-7-8-25-22(16-23)17-27-32(38-25)45-33(39-27)31(44)36-26(11-14-40-12-9-24(41)10-13-40)20-5-4-6-21(15-20)30(43)37-28-18-35-19-29(28)42/h4-6,15,17,23-24,26,28-29,35,41-42H,7-14,16,18-19H2,1-3H3,(H,36,44)(H,37,43)/t23-,26+,28-,29-/m0/s1. The van der Waals surface area contributed by atoms with Gasteiger partial charge in [0.2, 0.25) is 0 Å². The van der Waals surface area contributed by atoms with Gasteiger partial charge in [-0.25, -0.2) is 9.97 Å². The fourth-order valence-corrected chi connectivity index (χ4v) is 7.65. The number of fused-ring (bicyclic) bond motifs is 2. The molecule has 45 heavy (non-hydrogen) atoms. The second kappa shape index (κ2) is 13.4. The molecule has 10 nitrogen and oxygen atoms in total. The summed E-state index contributed by atoms with van der Waals surface area (Å²) in [5.41, 5.74) is 4.68. The highest BCUT2D eigenvalue weighted by atomic mass is 32.1. The molecule has 2 fully saturated rings. The van der Waals surface area contributed by atoms with Gasteiger partial charge in [-0.3, -0.25) is 9.59 Å². The summed E-state index contributed by atoms with van der Waals surface area (Å²) in [6.07, 6.45) is 4.30. The molecule has 5 N–H and O–H groups in total. The molecule has 0 bridgehead atoms. The molecule has 3 aliphatic rings. The van der Waals surface area contributed by atoms with Crippen LogP contribution in [0, 0.1) is 11.3 Å². The van der Waals surface area contributed by atoms with Crippen LogP contribution in [0.25, 0.3) is 10.3 Å². The van der Waals surface area contributed by atoms with Gasteiger partial charge in [-0.05, 0) is 79.2 Å². The fraction of sp³-hybridized carbons (Fsp3) is 0.588. The van der Waals surface area contributed by atoms with E-state index in [1.54, 1.807) is 6.07 Å². The number of β-amino-alcohol motifs (C(OH)–C–C–N with tert-alkyl or cyclic N) is 1. The minimum Gasteiger partial charge on any atom is -0.393 e. The van der Waals surface area contributed by atoms with E-state index in [9.17, 15) is 19.8 Å².